The van der Waals surface area contributed by atoms with Crippen LogP contribution >= 0.6 is 0 Å². The highest BCUT2D eigenvalue weighted by Crippen LogP contribution is 2.39. The van der Waals surface area contributed by atoms with Crippen LogP contribution in [-0.2, 0) is 9.53 Å². The standard InChI is InChI=1S/C19H20O6/c1-12(21)11-25-19(23)17(14-6-4-3-5-7-14)15-8-13(10-20)9-16(24-2)18(15)22/h3-10,12,17,21-22H,11H2,1-2H3. The Bertz CT molecular complexity index is 739. The zero-order chi connectivity index (χ0) is 18.4. The molecule has 0 bridgehead atoms. The van der Waals surface area contributed by atoms with E-state index in [1.54, 1.807) is 30.3 Å². The summed E-state index contributed by atoms with van der Waals surface area (Å²) in [6, 6.07) is 11.5. The molecule has 0 aromatic heterocycles. The van der Waals surface area contributed by atoms with Crippen LogP contribution < -0.4 is 4.74 Å². The molecule has 2 unspecified atom stereocenters. The minimum Gasteiger partial charge on any atom is -0.504 e. The van der Waals surface area contributed by atoms with E-state index in [0.717, 1.165) is 0 Å². The molecule has 2 aromatic carbocycles. The molecule has 0 radical (unpaired) electrons. The van der Waals surface area contributed by atoms with Crippen molar-refractivity contribution < 1.29 is 29.3 Å². The molecular formula is C19H20O6. The van der Waals surface area contributed by atoms with E-state index in [-0.39, 0.29) is 29.2 Å². The fourth-order valence-electron chi connectivity index (χ4n) is 2.47. The first-order chi connectivity index (χ1) is 12.0. The Morgan fingerprint density at radius 1 is 1.24 bits per heavy atom. The molecule has 6 nitrogen and oxygen atoms in total. The Labute approximate surface area is 145 Å². The zero-order valence-corrected chi connectivity index (χ0v) is 14.0. The molecule has 25 heavy (non-hydrogen) atoms. The van der Waals surface area contributed by atoms with Gasteiger partial charge in [0.25, 0.3) is 0 Å². The number of carbonyl (C=O) groups excluding carboxylic acids is 2. The molecule has 2 N–H and O–H groups in total. The summed E-state index contributed by atoms with van der Waals surface area (Å²) >= 11 is 0. The molecule has 2 aromatic rings. The zero-order valence-electron chi connectivity index (χ0n) is 14.0. The second-order valence-electron chi connectivity index (χ2n) is 5.60. The van der Waals surface area contributed by atoms with Crippen molar-refractivity contribution in [1.82, 2.24) is 0 Å². The van der Waals surface area contributed by atoms with E-state index in [1.165, 1.54) is 26.2 Å². The minimum absolute atomic E-state index is 0.0869. The van der Waals surface area contributed by atoms with Crippen LogP contribution in [0.5, 0.6) is 11.5 Å². The van der Waals surface area contributed by atoms with Gasteiger partial charge in [-0.15, -0.1) is 0 Å². The van der Waals surface area contributed by atoms with Gasteiger partial charge >= 0.3 is 5.97 Å². The molecule has 0 saturated carbocycles. The number of benzene rings is 2. The molecule has 132 valence electrons. The maximum atomic E-state index is 12.6. The molecule has 6 heteroatoms. The van der Waals surface area contributed by atoms with Crippen molar-refractivity contribution in [3.63, 3.8) is 0 Å². The summed E-state index contributed by atoms with van der Waals surface area (Å²) in [6.45, 7) is 1.33. The van der Waals surface area contributed by atoms with Gasteiger partial charge in [0.15, 0.2) is 11.5 Å². The van der Waals surface area contributed by atoms with Crippen LogP contribution in [0.4, 0.5) is 0 Å². The molecule has 0 aliphatic carbocycles. The van der Waals surface area contributed by atoms with E-state index in [0.29, 0.717) is 11.8 Å². The number of aliphatic hydroxyl groups excluding tert-OH is 1. The summed E-state index contributed by atoms with van der Waals surface area (Å²) < 4.78 is 10.2. The number of hydrogen-bond donors (Lipinski definition) is 2. The van der Waals surface area contributed by atoms with E-state index in [9.17, 15) is 19.8 Å². The first kappa shape index (κ1) is 18.5. The van der Waals surface area contributed by atoms with Gasteiger partial charge in [-0.05, 0) is 24.6 Å². The van der Waals surface area contributed by atoms with Gasteiger partial charge < -0.3 is 19.7 Å². The van der Waals surface area contributed by atoms with Crippen LogP contribution in [-0.4, -0.2) is 42.3 Å². The number of phenols is 1. The van der Waals surface area contributed by atoms with E-state index in [1.807, 2.05) is 0 Å². The molecule has 0 saturated heterocycles. The van der Waals surface area contributed by atoms with Crippen molar-refractivity contribution in [2.75, 3.05) is 13.7 Å². The predicted molar refractivity (Wildman–Crippen MR) is 91.0 cm³/mol. The molecule has 0 aliphatic rings. The lowest BCUT2D eigenvalue weighted by Crippen LogP contribution is -2.22. The second-order valence-corrected chi connectivity index (χ2v) is 5.60. The maximum absolute atomic E-state index is 12.6. The predicted octanol–water partition coefficient (Wildman–Crippen LogP) is 2.27. The van der Waals surface area contributed by atoms with E-state index in [2.05, 4.69) is 0 Å². The van der Waals surface area contributed by atoms with Gasteiger partial charge in [0.1, 0.15) is 18.8 Å². The number of methoxy groups -OCH3 is 1. The topological polar surface area (TPSA) is 93.1 Å². The van der Waals surface area contributed by atoms with Gasteiger partial charge in [-0.25, -0.2) is 0 Å². The van der Waals surface area contributed by atoms with Crippen molar-refractivity contribution in [2.24, 2.45) is 0 Å². The summed E-state index contributed by atoms with van der Waals surface area (Å²) in [5.41, 5.74) is 1.04. The summed E-state index contributed by atoms with van der Waals surface area (Å²) in [6.07, 6.45) is -0.209. The first-order valence-corrected chi connectivity index (χ1v) is 7.73. The van der Waals surface area contributed by atoms with Crippen molar-refractivity contribution in [3.05, 3.63) is 59.2 Å². The Balaban J connectivity index is 2.56. The maximum Gasteiger partial charge on any atom is 0.318 e. The lowest BCUT2D eigenvalue weighted by Gasteiger charge is -2.20. The van der Waals surface area contributed by atoms with Crippen molar-refractivity contribution >= 4 is 12.3 Å². The van der Waals surface area contributed by atoms with Crippen LogP contribution in [0.15, 0.2) is 42.5 Å². The van der Waals surface area contributed by atoms with Crippen LogP contribution in [0.3, 0.4) is 0 Å². The van der Waals surface area contributed by atoms with Gasteiger partial charge in [0, 0.05) is 11.1 Å². The Morgan fingerprint density at radius 2 is 1.92 bits per heavy atom. The average molecular weight is 344 g/mol. The Kier molecular flexibility index (Phi) is 6.14. The number of carbonyl (C=O) groups is 2. The monoisotopic (exact) mass is 344 g/mol. The summed E-state index contributed by atoms with van der Waals surface area (Å²) in [5, 5.41) is 19.8. The smallest absolute Gasteiger partial charge is 0.318 e. The number of hydrogen-bond acceptors (Lipinski definition) is 6. The highest BCUT2D eigenvalue weighted by atomic mass is 16.5. The summed E-state index contributed by atoms with van der Waals surface area (Å²) in [5.74, 6) is -1.76. The molecule has 0 aliphatic heterocycles. The van der Waals surface area contributed by atoms with Gasteiger partial charge in [-0.3, -0.25) is 9.59 Å². The normalized spacial score (nSPS) is 12.9. The Hall–Kier alpha value is -2.86. The second kappa shape index (κ2) is 8.30. The van der Waals surface area contributed by atoms with Crippen molar-refractivity contribution in [1.29, 1.82) is 0 Å². The van der Waals surface area contributed by atoms with Gasteiger partial charge in [-0.1, -0.05) is 30.3 Å². The number of aliphatic hydroxyl groups is 1. The number of aromatic hydroxyl groups is 1. The quantitative estimate of drug-likeness (QED) is 0.591. The van der Waals surface area contributed by atoms with Crippen LogP contribution in [0.1, 0.15) is 34.3 Å². The average Bonchev–Trinajstić information content (AvgIpc) is 2.62. The van der Waals surface area contributed by atoms with Gasteiger partial charge in [0.05, 0.1) is 13.2 Å². The highest BCUT2D eigenvalue weighted by Gasteiger charge is 2.29. The lowest BCUT2D eigenvalue weighted by atomic mass is 9.89. The van der Waals surface area contributed by atoms with Crippen molar-refractivity contribution in [3.8, 4) is 11.5 Å². The van der Waals surface area contributed by atoms with Gasteiger partial charge in [0.2, 0.25) is 0 Å². The molecule has 0 heterocycles. The molecule has 0 amide bonds. The molecular weight excluding hydrogens is 324 g/mol. The number of esters is 1. The summed E-state index contributed by atoms with van der Waals surface area (Å²) in [7, 11) is 1.36. The number of ether oxygens (including phenoxy) is 2. The third-order valence-corrected chi connectivity index (χ3v) is 3.63. The van der Waals surface area contributed by atoms with E-state index < -0.39 is 18.0 Å². The number of phenolic OH excluding ortho intramolecular Hbond substituents is 1. The minimum atomic E-state index is -0.964. The number of aldehydes is 1. The highest BCUT2D eigenvalue weighted by molar-refractivity contribution is 5.86. The van der Waals surface area contributed by atoms with Gasteiger partial charge in [-0.2, -0.15) is 0 Å². The summed E-state index contributed by atoms with van der Waals surface area (Å²) in [4.78, 5) is 23.8. The SMILES string of the molecule is COc1cc(C=O)cc(C(C(=O)OCC(C)O)c2ccccc2)c1O. The molecule has 2 rings (SSSR count). The van der Waals surface area contributed by atoms with Crippen LogP contribution in [0, 0.1) is 0 Å². The lowest BCUT2D eigenvalue weighted by molar-refractivity contribution is -0.147. The first-order valence-electron chi connectivity index (χ1n) is 7.73. The molecule has 2 atom stereocenters. The molecule has 0 fully saturated rings. The van der Waals surface area contributed by atoms with E-state index in [4.69, 9.17) is 9.47 Å². The van der Waals surface area contributed by atoms with Crippen LogP contribution in [0.2, 0.25) is 0 Å². The fourth-order valence-corrected chi connectivity index (χ4v) is 2.47. The third kappa shape index (κ3) is 4.36. The third-order valence-electron chi connectivity index (χ3n) is 3.63. The Morgan fingerprint density at radius 3 is 2.48 bits per heavy atom. The molecule has 0 spiro atoms. The number of rotatable bonds is 7. The largest absolute Gasteiger partial charge is 0.504 e. The van der Waals surface area contributed by atoms with Crippen molar-refractivity contribution in [2.45, 2.75) is 18.9 Å². The van der Waals surface area contributed by atoms with Crippen LogP contribution in [0.25, 0.3) is 0 Å². The van der Waals surface area contributed by atoms with E-state index >= 15 is 0 Å². The fraction of sp³-hybridized carbons (Fsp3) is 0.263.